The normalized spacial score (nSPS) is 13.6. The molecular weight excluding hydrogens is 364 g/mol. The van der Waals surface area contributed by atoms with Crippen LogP contribution in [0.2, 0.25) is 0 Å². The molecule has 1 saturated heterocycles. The summed E-state index contributed by atoms with van der Waals surface area (Å²) >= 11 is 0. The van der Waals surface area contributed by atoms with Crippen molar-refractivity contribution in [1.82, 2.24) is 10.2 Å². The van der Waals surface area contributed by atoms with Crippen molar-refractivity contribution in [2.24, 2.45) is 0 Å². The molecule has 0 atom stereocenters. The van der Waals surface area contributed by atoms with Crippen molar-refractivity contribution >= 4 is 11.7 Å². The topological polar surface area (TPSA) is 44.8 Å². The van der Waals surface area contributed by atoms with E-state index < -0.39 is 6.61 Å². The van der Waals surface area contributed by atoms with Crippen LogP contribution in [0.5, 0.6) is 5.75 Å². The zero-order valence-corrected chi connectivity index (χ0v) is 15.9. The summed E-state index contributed by atoms with van der Waals surface area (Å²) in [7, 11) is 1.72. The van der Waals surface area contributed by atoms with E-state index in [0.29, 0.717) is 12.1 Å². The van der Waals surface area contributed by atoms with Gasteiger partial charge in [-0.05, 0) is 30.5 Å². The van der Waals surface area contributed by atoms with E-state index >= 15 is 0 Å². The fraction of sp³-hybridized carbons (Fsp3) is 0.381. The Kier molecular flexibility index (Phi) is 6.68. The number of rotatable bonds is 7. The van der Waals surface area contributed by atoms with Crippen LogP contribution in [0.3, 0.4) is 0 Å². The molecule has 1 aliphatic heterocycles. The highest BCUT2D eigenvalue weighted by atomic mass is 19.3. The molecule has 0 bridgehead atoms. The number of ether oxygens (including phenoxy) is 1. The number of halogens is 2. The molecular formula is C21H25F2N3O2. The minimum absolute atomic E-state index is 0.0693. The van der Waals surface area contributed by atoms with E-state index in [0.717, 1.165) is 24.3 Å². The van der Waals surface area contributed by atoms with Gasteiger partial charge in [-0.1, -0.05) is 36.4 Å². The summed E-state index contributed by atoms with van der Waals surface area (Å²) in [6.07, 6.45) is 2.37. The van der Waals surface area contributed by atoms with Crippen LogP contribution in [0.1, 0.15) is 24.0 Å². The van der Waals surface area contributed by atoms with Crippen molar-refractivity contribution in [2.45, 2.75) is 32.5 Å². The lowest BCUT2D eigenvalue weighted by Gasteiger charge is -2.24. The van der Waals surface area contributed by atoms with E-state index in [1.807, 2.05) is 18.2 Å². The van der Waals surface area contributed by atoms with Gasteiger partial charge < -0.3 is 19.9 Å². The first-order chi connectivity index (χ1) is 13.5. The van der Waals surface area contributed by atoms with Crippen LogP contribution in [0.15, 0.2) is 48.5 Å². The summed E-state index contributed by atoms with van der Waals surface area (Å²) in [5, 5.41) is 2.77. The summed E-state index contributed by atoms with van der Waals surface area (Å²) in [5.41, 5.74) is 2.75. The Balaban J connectivity index is 1.60. The smallest absolute Gasteiger partial charge is 0.387 e. The Labute approximate surface area is 163 Å². The second-order valence-corrected chi connectivity index (χ2v) is 6.82. The number of anilines is 1. The summed E-state index contributed by atoms with van der Waals surface area (Å²) in [6.45, 7) is -0.253. The second-order valence-electron chi connectivity index (χ2n) is 6.82. The van der Waals surface area contributed by atoms with Crippen LogP contribution in [-0.4, -0.2) is 37.7 Å². The third kappa shape index (κ3) is 5.12. The molecule has 7 heteroatoms. The summed E-state index contributed by atoms with van der Waals surface area (Å²) in [6, 6.07) is 14.3. The fourth-order valence-electron chi connectivity index (χ4n) is 3.41. The Morgan fingerprint density at radius 3 is 2.46 bits per heavy atom. The number of benzene rings is 2. The van der Waals surface area contributed by atoms with Crippen molar-refractivity contribution in [3.63, 3.8) is 0 Å². The van der Waals surface area contributed by atoms with Crippen molar-refractivity contribution in [1.29, 1.82) is 0 Å². The Morgan fingerprint density at radius 1 is 1.11 bits per heavy atom. The van der Waals surface area contributed by atoms with Gasteiger partial charge in [0, 0.05) is 44.5 Å². The van der Waals surface area contributed by atoms with Gasteiger partial charge in [0.15, 0.2) is 0 Å². The summed E-state index contributed by atoms with van der Waals surface area (Å²) < 4.78 is 29.5. The molecule has 0 saturated carbocycles. The largest absolute Gasteiger partial charge is 0.434 e. The number of nitrogens with zero attached hydrogens (tertiary/aromatic N) is 2. The van der Waals surface area contributed by atoms with Crippen molar-refractivity contribution in [2.75, 3.05) is 25.0 Å². The number of para-hydroxylation sites is 2. The zero-order chi connectivity index (χ0) is 19.9. The maximum Gasteiger partial charge on any atom is 0.387 e. The standard InChI is InChI=1S/C21H25F2N3O2/c1-25(15-17-9-2-4-10-18(17)26-12-6-7-13-26)21(27)24-14-16-8-3-5-11-19(16)28-20(22)23/h2-5,8-11,20H,6-7,12-15H2,1H3,(H,24,27). The maximum absolute atomic E-state index is 12.5. The molecule has 5 nitrogen and oxygen atoms in total. The van der Waals surface area contributed by atoms with Crippen molar-refractivity contribution in [3.8, 4) is 5.75 Å². The number of nitrogens with one attached hydrogen (secondary N) is 1. The zero-order valence-electron chi connectivity index (χ0n) is 15.9. The molecule has 1 N–H and O–H groups in total. The van der Waals surface area contributed by atoms with E-state index in [9.17, 15) is 13.6 Å². The molecule has 0 aliphatic carbocycles. The molecule has 0 aromatic heterocycles. The molecule has 0 spiro atoms. The molecule has 3 rings (SSSR count). The molecule has 150 valence electrons. The molecule has 28 heavy (non-hydrogen) atoms. The minimum Gasteiger partial charge on any atom is -0.434 e. The second kappa shape index (κ2) is 9.39. The number of carbonyl (C=O) groups excluding carboxylic acids is 1. The molecule has 2 aromatic carbocycles. The predicted molar refractivity (Wildman–Crippen MR) is 105 cm³/mol. The van der Waals surface area contributed by atoms with Gasteiger partial charge in [0.1, 0.15) is 5.75 Å². The fourth-order valence-corrected chi connectivity index (χ4v) is 3.41. The average molecular weight is 389 g/mol. The lowest BCUT2D eigenvalue weighted by atomic mass is 10.1. The number of carbonyl (C=O) groups is 1. The highest BCUT2D eigenvalue weighted by Gasteiger charge is 2.18. The predicted octanol–water partition coefficient (Wildman–Crippen LogP) is 4.23. The number of alkyl halides is 2. The van der Waals surface area contributed by atoms with Crippen LogP contribution >= 0.6 is 0 Å². The Bertz CT molecular complexity index is 795. The molecule has 1 aliphatic rings. The van der Waals surface area contributed by atoms with Gasteiger partial charge in [-0.25, -0.2) is 4.79 Å². The molecule has 0 radical (unpaired) electrons. The summed E-state index contributed by atoms with van der Waals surface area (Å²) in [5.74, 6) is 0.0693. The van der Waals surface area contributed by atoms with Gasteiger partial charge in [-0.3, -0.25) is 0 Å². The van der Waals surface area contributed by atoms with Gasteiger partial charge in [0.05, 0.1) is 0 Å². The van der Waals surface area contributed by atoms with Crippen LogP contribution in [0.4, 0.5) is 19.3 Å². The van der Waals surface area contributed by atoms with Crippen LogP contribution in [-0.2, 0) is 13.1 Å². The highest BCUT2D eigenvalue weighted by molar-refractivity contribution is 5.74. The Hall–Kier alpha value is -2.83. The van der Waals surface area contributed by atoms with E-state index in [1.165, 1.54) is 18.9 Å². The molecule has 0 unspecified atom stereocenters. The SMILES string of the molecule is CN(Cc1ccccc1N1CCCC1)C(=O)NCc1ccccc1OC(F)F. The number of amides is 2. The lowest BCUT2D eigenvalue weighted by molar-refractivity contribution is -0.0504. The number of urea groups is 1. The van der Waals surface area contributed by atoms with Gasteiger partial charge in [-0.15, -0.1) is 0 Å². The van der Waals surface area contributed by atoms with Crippen LogP contribution < -0.4 is 15.0 Å². The molecule has 1 fully saturated rings. The minimum atomic E-state index is -2.90. The Morgan fingerprint density at radius 2 is 1.75 bits per heavy atom. The quantitative estimate of drug-likeness (QED) is 0.771. The first kappa shape index (κ1) is 19.9. The van der Waals surface area contributed by atoms with Crippen LogP contribution in [0.25, 0.3) is 0 Å². The van der Waals surface area contributed by atoms with E-state index in [1.54, 1.807) is 30.1 Å². The van der Waals surface area contributed by atoms with Gasteiger partial charge >= 0.3 is 12.6 Å². The lowest BCUT2D eigenvalue weighted by Crippen LogP contribution is -2.36. The maximum atomic E-state index is 12.5. The van der Waals surface area contributed by atoms with Gasteiger partial charge in [0.25, 0.3) is 0 Å². The average Bonchev–Trinajstić information content (AvgIpc) is 3.21. The van der Waals surface area contributed by atoms with E-state index in [-0.39, 0.29) is 18.3 Å². The number of hydrogen-bond acceptors (Lipinski definition) is 3. The third-order valence-corrected chi connectivity index (χ3v) is 4.81. The first-order valence-corrected chi connectivity index (χ1v) is 9.39. The van der Waals surface area contributed by atoms with Crippen molar-refractivity contribution < 1.29 is 18.3 Å². The van der Waals surface area contributed by atoms with Gasteiger partial charge in [0.2, 0.25) is 0 Å². The molecule has 2 aromatic rings. The van der Waals surface area contributed by atoms with E-state index in [4.69, 9.17) is 0 Å². The highest BCUT2D eigenvalue weighted by Crippen LogP contribution is 2.25. The molecule has 2 amide bonds. The summed E-state index contributed by atoms with van der Waals surface area (Å²) in [4.78, 5) is 16.4. The van der Waals surface area contributed by atoms with Crippen molar-refractivity contribution in [3.05, 3.63) is 59.7 Å². The van der Waals surface area contributed by atoms with Crippen LogP contribution in [0, 0.1) is 0 Å². The monoisotopic (exact) mass is 389 g/mol. The number of hydrogen-bond donors (Lipinski definition) is 1. The van der Waals surface area contributed by atoms with E-state index in [2.05, 4.69) is 21.0 Å². The first-order valence-electron chi connectivity index (χ1n) is 9.39. The van der Waals surface area contributed by atoms with Gasteiger partial charge in [-0.2, -0.15) is 8.78 Å². The molecule has 1 heterocycles. The third-order valence-electron chi connectivity index (χ3n) is 4.81.